The van der Waals surface area contributed by atoms with Crippen molar-refractivity contribution in [1.29, 1.82) is 0 Å². The van der Waals surface area contributed by atoms with Crippen molar-refractivity contribution >= 4 is 5.97 Å². The van der Waals surface area contributed by atoms with E-state index in [1.165, 1.54) is 0 Å². The van der Waals surface area contributed by atoms with Crippen molar-refractivity contribution in [1.82, 2.24) is 0 Å². The largest absolute Gasteiger partial charge is 0.462 e. The van der Waals surface area contributed by atoms with Crippen LogP contribution in [0.1, 0.15) is 19.8 Å². The minimum atomic E-state index is -0.536. The molecule has 0 bridgehead atoms. The van der Waals surface area contributed by atoms with Gasteiger partial charge in [-0.25, -0.2) is 0 Å². The van der Waals surface area contributed by atoms with Gasteiger partial charge in [-0.05, 0) is 19.8 Å². The predicted molar refractivity (Wildman–Crippen MR) is 43.6 cm³/mol. The highest BCUT2D eigenvalue weighted by Crippen LogP contribution is 2.11. The fourth-order valence-electron chi connectivity index (χ4n) is 1.08. The molecule has 0 aromatic carbocycles. The molecule has 1 heterocycles. The molecule has 0 aromatic heterocycles. The van der Waals surface area contributed by atoms with Gasteiger partial charge < -0.3 is 15.2 Å². The van der Waals surface area contributed by atoms with Crippen molar-refractivity contribution in [3.05, 3.63) is 0 Å². The molecule has 0 radical (unpaired) electrons. The molecule has 12 heavy (non-hydrogen) atoms. The third-order valence-corrected chi connectivity index (χ3v) is 1.81. The first-order valence-corrected chi connectivity index (χ1v) is 4.24. The molecular formula is C8H15NO3. The van der Waals surface area contributed by atoms with E-state index in [1.54, 1.807) is 6.92 Å². The van der Waals surface area contributed by atoms with Crippen molar-refractivity contribution in [2.45, 2.75) is 31.9 Å². The van der Waals surface area contributed by atoms with Crippen LogP contribution in [0.3, 0.4) is 0 Å². The van der Waals surface area contributed by atoms with Gasteiger partial charge in [0.25, 0.3) is 0 Å². The van der Waals surface area contributed by atoms with Gasteiger partial charge in [0.2, 0.25) is 0 Å². The smallest absolute Gasteiger partial charge is 0.322 e. The zero-order valence-electron chi connectivity index (χ0n) is 7.29. The van der Waals surface area contributed by atoms with E-state index in [-0.39, 0.29) is 12.1 Å². The van der Waals surface area contributed by atoms with Crippen LogP contribution in [-0.4, -0.2) is 31.3 Å². The highest BCUT2D eigenvalue weighted by atomic mass is 16.6. The molecule has 0 aliphatic carbocycles. The van der Waals surface area contributed by atoms with Crippen LogP contribution in [0, 0.1) is 0 Å². The topological polar surface area (TPSA) is 61.6 Å². The number of hydrogen-bond donors (Lipinski definition) is 1. The maximum atomic E-state index is 10.9. The molecular weight excluding hydrogens is 158 g/mol. The zero-order valence-corrected chi connectivity index (χ0v) is 7.29. The quantitative estimate of drug-likeness (QED) is 0.613. The number of rotatable bonds is 3. The minimum Gasteiger partial charge on any atom is -0.462 e. The van der Waals surface area contributed by atoms with Gasteiger partial charge >= 0.3 is 5.97 Å². The van der Waals surface area contributed by atoms with Crippen molar-refractivity contribution < 1.29 is 14.3 Å². The summed E-state index contributed by atoms with van der Waals surface area (Å²) >= 11 is 0. The normalized spacial score (nSPS) is 25.3. The lowest BCUT2D eigenvalue weighted by Crippen LogP contribution is -2.31. The summed E-state index contributed by atoms with van der Waals surface area (Å²) in [5.41, 5.74) is 5.31. The monoisotopic (exact) mass is 173 g/mol. The van der Waals surface area contributed by atoms with Crippen molar-refractivity contribution in [2.24, 2.45) is 5.73 Å². The van der Waals surface area contributed by atoms with Crippen molar-refractivity contribution in [2.75, 3.05) is 13.2 Å². The maximum Gasteiger partial charge on any atom is 0.322 e. The van der Waals surface area contributed by atoms with Gasteiger partial charge in [0, 0.05) is 6.61 Å². The lowest BCUT2D eigenvalue weighted by atomic mass is 10.2. The lowest BCUT2D eigenvalue weighted by molar-refractivity contribution is -0.147. The summed E-state index contributed by atoms with van der Waals surface area (Å²) in [5, 5.41) is 0. The third-order valence-electron chi connectivity index (χ3n) is 1.81. The number of esters is 1. The standard InChI is InChI=1S/C8H15NO3/c1-6(9)8(10)12-5-7-3-2-4-11-7/h6-7H,2-5,9H2,1H3/t6-,7?/m0/s1. The van der Waals surface area contributed by atoms with Crippen LogP contribution in [0.5, 0.6) is 0 Å². The third kappa shape index (κ3) is 2.79. The Morgan fingerprint density at radius 2 is 2.58 bits per heavy atom. The highest BCUT2D eigenvalue weighted by Gasteiger charge is 2.18. The van der Waals surface area contributed by atoms with E-state index < -0.39 is 6.04 Å². The molecule has 0 amide bonds. The number of carbonyl (C=O) groups is 1. The van der Waals surface area contributed by atoms with Gasteiger partial charge in [-0.3, -0.25) is 4.79 Å². The molecule has 1 aliphatic heterocycles. The average molecular weight is 173 g/mol. The number of nitrogens with two attached hydrogens (primary N) is 1. The summed E-state index contributed by atoms with van der Waals surface area (Å²) in [4.78, 5) is 10.9. The molecule has 1 saturated heterocycles. The van der Waals surface area contributed by atoms with E-state index in [0.717, 1.165) is 19.4 Å². The van der Waals surface area contributed by atoms with E-state index in [0.29, 0.717) is 6.61 Å². The first kappa shape index (κ1) is 9.48. The van der Waals surface area contributed by atoms with Gasteiger partial charge in [-0.15, -0.1) is 0 Å². The Hall–Kier alpha value is -0.610. The van der Waals surface area contributed by atoms with Crippen molar-refractivity contribution in [3.63, 3.8) is 0 Å². The van der Waals surface area contributed by atoms with Crippen LogP contribution in [0.2, 0.25) is 0 Å². The molecule has 2 atom stereocenters. The number of carbonyl (C=O) groups excluding carboxylic acids is 1. The van der Waals surface area contributed by atoms with E-state index in [1.807, 2.05) is 0 Å². The van der Waals surface area contributed by atoms with Crippen LogP contribution in [0.4, 0.5) is 0 Å². The predicted octanol–water partition coefficient (Wildman–Crippen LogP) is 0.0558. The van der Waals surface area contributed by atoms with Crippen LogP contribution in [0.25, 0.3) is 0 Å². The van der Waals surface area contributed by atoms with E-state index >= 15 is 0 Å². The molecule has 1 unspecified atom stereocenters. The van der Waals surface area contributed by atoms with Gasteiger partial charge in [0.1, 0.15) is 12.6 Å². The van der Waals surface area contributed by atoms with Crippen LogP contribution in [-0.2, 0) is 14.3 Å². The number of ether oxygens (including phenoxy) is 2. The second-order valence-corrected chi connectivity index (χ2v) is 3.05. The molecule has 2 N–H and O–H groups in total. The fraction of sp³-hybridized carbons (Fsp3) is 0.875. The first-order valence-electron chi connectivity index (χ1n) is 4.24. The Balaban J connectivity index is 2.12. The highest BCUT2D eigenvalue weighted by molar-refractivity contribution is 5.74. The molecule has 1 aliphatic rings. The number of hydrogen-bond acceptors (Lipinski definition) is 4. The second-order valence-electron chi connectivity index (χ2n) is 3.05. The summed E-state index contributed by atoms with van der Waals surface area (Å²) in [7, 11) is 0. The Labute approximate surface area is 72.0 Å². The Morgan fingerprint density at radius 1 is 1.83 bits per heavy atom. The van der Waals surface area contributed by atoms with Crippen molar-refractivity contribution in [3.8, 4) is 0 Å². The van der Waals surface area contributed by atoms with Crippen LogP contribution in [0.15, 0.2) is 0 Å². The Kier molecular flexibility index (Phi) is 3.49. The summed E-state index contributed by atoms with van der Waals surface area (Å²) < 4.78 is 10.2. The summed E-state index contributed by atoms with van der Waals surface area (Å²) in [6.07, 6.45) is 2.12. The Morgan fingerprint density at radius 3 is 3.08 bits per heavy atom. The summed E-state index contributed by atoms with van der Waals surface area (Å²) in [6.45, 7) is 2.73. The molecule has 0 saturated carbocycles. The molecule has 1 rings (SSSR count). The minimum absolute atomic E-state index is 0.0905. The lowest BCUT2D eigenvalue weighted by Gasteiger charge is -2.11. The average Bonchev–Trinajstić information content (AvgIpc) is 2.51. The summed E-state index contributed by atoms with van der Waals surface area (Å²) in [5.74, 6) is -0.356. The zero-order chi connectivity index (χ0) is 8.97. The van der Waals surface area contributed by atoms with E-state index in [2.05, 4.69) is 0 Å². The van der Waals surface area contributed by atoms with Gasteiger partial charge in [-0.1, -0.05) is 0 Å². The molecule has 4 heteroatoms. The molecule has 0 aromatic rings. The van der Waals surface area contributed by atoms with Gasteiger partial charge in [0.15, 0.2) is 0 Å². The van der Waals surface area contributed by atoms with Crippen LogP contribution < -0.4 is 5.73 Å². The van der Waals surface area contributed by atoms with E-state index in [4.69, 9.17) is 15.2 Å². The molecule has 4 nitrogen and oxygen atoms in total. The first-order chi connectivity index (χ1) is 5.70. The van der Waals surface area contributed by atoms with E-state index in [9.17, 15) is 4.79 Å². The SMILES string of the molecule is C[C@H](N)C(=O)OCC1CCCO1. The maximum absolute atomic E-state index is 10.9. The molecule has 0 spiro atoms. The van der Waals surface area contributed by atoms with Crippen LogP contribution >= 0.6 is 0 Å². The molecule has 70 valence electrons. The van der Waals surface area contributed by atoms with Gasteiger partial charge in [0.05, 0.1) is 6.10 Å². The fourth-order valence-corrected chi connectivity index (χ4v) is 1.08. The Bertz CT molecular complexity index is 152. The second kappa shape index (κ2) is 4.42. The van der Waals surface area contributed by atoms with Gasteiger partial charge in [-0.2, -0.15) is 0 Å². The molecule has 1 fully saturated rings. The summed E-state index contributed by atoms with van der Waals surface area (Å²) in [6, 6.07) is -0.536.